The second-order valence-corrected chi connectivity index (χ2v) is 4.35. The van der Waals surface area contributed by atoms with Crippen LogP contribution in [0.25, 0.3) is 0 Å². The average Bonchev–Trinajstić information content (AvgIpc) is 2.64. The first-order chi connectivity index (χ1) is 7.16. The lowest BCUT2D eigenvalue weighted by Crippen LogP contribution is -2.30. The number of hydrogen-bond donors (Lipinski definition) is 1. The summed E-state index contributed by atoms with van der Waals surface area (Å²) in [7, 11) is 0. The molecule has 15 heavy (non-hydrogen) atoms. The summed E-state index contributed by atoms with van der Waals surface area (Å²) in [6.07, 6.45) is 0.265. The first-order valence-electron chi connectivity index (χ1n) is 4.77. The molecule has 5 heteroatoms. The topological polar surface area (TPSA) is 53.4 Å². The summed E-state index contributed by atoms with van der Waals surface area (Å²) in [5.41, 5.74) is 0.415. The minimum absolute atomic E-state index is 0.118. The zero-order chi connectivity index (χ0) is 10.8. The number of carbonyl (C=O) groups is 1. The van der Waals surface area contributed by atoms with Gasteiger partial charge in [-0.1, -0.05) is 6.07 Å². The number of halogens is 1. The third kappa shape index (κ3) is 2.35. The van der Waals surface area contributed by atoms with Gasteiger partial charge in [-0.05, 0) is 34.5 Å². The van der Waals surface area contributed by atoms with Gasteiger partial charge in [0.25, 0.3) is 5.91 Å². The smallest absolute Gasteiger partial charge is 0.272 e. The van der Waals surface area contributed by atoms with E-state index in [4.69, 9.17) is 0 Å². The van der Waals surface area contributed by atoms with E-state index in [-0.39, 0.29) is 12.0 Å². The van der Waals surface area contributed by atoms with Crippen LogP contribution in [0.3, 0.4) is 0 Å². The largest absolute Gasteiger partial charge is 0.391 e. The summed E-state index contributed by atoms with van der Waals surface area (Å²) >= 11 is 3.22. The number of β-amino-alcohol motifs (C(OH)–C–C–N with tert-alkyl or cyclic N) is 1. The number of aliphatic hydroxyl groups excluding tert-OH is 1. The molecule has 1 aliphatic heterocycles. The van der Waals surface area contributed by atoms with Gasteiger partial charge in [0.15, 0.2) is 0 Å². The number of likely N-dealkylation sites (tertiary alicyclic amines) is 1. The first-order valence-corrected chi connectivity index (χ1v) is 5.56. The molecule has 1 N–H and O–H groups in total. The highest BCUT2D eigenvalue weighted by Gasteiger charge is 2.25. The number of aromatic nitrogens is 1. The lowest BCUT2D eigenvalue weighted by Gasteiger charge is -2.14. The third-order valence-electron chi connectivity index (χ3n) is 2.38. The summed E-state index contributed by atoms with van der Waals surface area (Å²) in [6, 6.07) is 5.23. The van der Waals surface area contributed by atoms with Gasteiger partial charge in [-0.25, -0.2) is 4.98 Å². The first kappa shape index (κ1) is 10.6. The van der Waals surface area contributed by atoms with E-state index in [2.05, 4.69) is 20.9 Å². The Bertz CT molecular complexity index is 383. The van der Waals surface area contributed by atoms with Crippen LogP contribution >= 0.6 is 15.9 Å². The maximum atomic E-state index is 11.9. The number of nitrogens with zero attached hydrogens (tertiary/aromatic N) is 2. The van der Waals surface area contributed by atoms with Crippen LogP contribution in [0, 0.1) is 0 Å². The monoisotopic (exact) mass is 270 g/mol. The van der Waals surface area contributed by atoms with Crippen molar-refractivity contribution in [3.63, 3.8) is 0 Å². The van der Waals surface area contributed by atoms with Gasteiger partial charge in [-0.15, -0.1) is 0 Å². The quantitative estimate of drug-likeness (QED) is 0.777. The van der Waals surface area contributed by atoms with Crippen LogP contribution in [0.2, 0.25) is 0 Å². The minimum Gasteiger partial charge on any atom is -0.391 e. The van der Waals surface area contributed by atoms with E-state index in [1.165, 1.54) is 0 Å². The molecule has 4 nitrogen and oxygen atoms in total. The van der Waals surface area contributed by atoms with E-state index in [0.717, 1.165) is 0 Å². The summed E-state index contributed by atoms with van der Waals surface area (Å²) < 4.78 is 0.646. The van der Waals surface area contributed by atoms with Crippen LogP contribution in [0.4, 0.5) is 0 Å². The van der Waals surface area contributed by atoms with E-state index < -0.39 is 0 Å². The van der Waals surface area contributed by atoms with Gasteiger partial charge in [-0.3, -0.25) is 4.79 Å². The number of carbonyl (C=O) groups excluding carboxylic acids is 1. The predicted molar refractivity (Wildman–Crippen MR) is 58.5 cm³/mol. The highest BCUT2D eigenvalue weighted by atomic mass is 79.9. The van der Waals surface area contributed by atoms with Gasteiger partial charge >= 0.3 is 0 Å². The highest BCUT2D eigenvalue weighted by Crippen LogP contribution is 2.13. The summed E-state index contributed by atoms with van der Waals surface area (Å²) in [6.45, 7) is 1.02. The maximum absolute atomic E-state index is 11.9. The van der Waals surface area contributed by atoms with Crippen molar-refractivity contribution in [1.29, 1.82) is 0 Å². The van der Waals surface area contributed by atoms with Crippen LogP contribution in [-0.2, 0) is 0 Å². The Balaban J connectivity index is 2.14. The molecule has 0 radical (unpaired) electrons. The molecule has 0 aliphatic carbocycles. The van der Waals surface area contributed by atoms with Crippen molar-refractivity contribution in [2.75, 3.05) is 13.1 Å². The molecule has 0 saturated carbocycles. The minimum atomic E-state index is -0.388. The van der Waals surface area contributed by atoms with Gasteiger partial charge in [0.1, 0.15) is 10.3 Å². The molecule has 0 aromatic carbocycles. The Kier molecular flexibility index (Phi) is 3.02. The SMILES string of the molecule is O=C(c1cccc(Br)n1)N1CC[C@@H](O)C1. The van der Waals surface area contributed by atoms with E-state index in [9.17, 15) is 9.90 Å². The molecular weight excluding hydrogens is 260 g/mol. The van der Waals surface area contributed by atoms with Crippen LogP contribution < -0.4 is 0 Å². The molecule has 0 spiro atoms. The van der Waals surface area contributed by atoms with E-state index in [1.54, 1.807) is 23.1 Å². The molecule has 1 aliphatic rings. The van der Waals surface area contributed by atoms with Crippen molar-refractivity contribution in [2.45, 2.75) is 12.5 Å². The summed E-state index contributed by atoms with van der Waals surface area (Å²) in [5, 5.41) is 9.33. The van der Waals surface area contributed by atoms with E-state index >= 15 is 0 Å². The Morgan fingerprint density at radius 1 is 1.60 bits per heavy atom. The van der Waals surface area contributed by atoms with Gasteiger partial charge < -0.3 is 10.0 Å². The molecule has 0 unspecified atom stereocenters. The number of rotatable bonds is 1. The number of pyridine rings is 1. The molecule has 1 fully saturated rings. The van der Waals surface area contributed by atoms with Crippen LogP contribution in [-0.4, -0.2) is 40.1 Å². The van der Waals surface area contributed by atoms with Crippen LogP contribution in [0.15, 0.2) is 22.8 Å². The number of amides is 1. The highest BCUT2D eigenvalue weighted by molar-refractivity contribution is 9.10. The molecule has 80 valence electrons. The number of aliphatic hydroxyl groups is 1. The fourth-order valence-corrected chi connectivity index (χ4v) is 1.96. The number of hydrogen-bond acceptors (Lipinski definition) is 3. The average molecular weight is 271 g/mol. The Morgan fingerprint density at radius 3 is 3.00 bits per heavy atom. The second kappa shape index (κ2) is 4.28. The second-order valence-electron chi connectivity index (χ2n) is 3.54. The molecule has 1 aromatic heterocycles. The molecule has 1 amide bonds. The Labute approximate surface area is 96.1 Å². The zero-order valence-corrected chi connectivity index (χ0v) is 9.64. The lowest BCUT2D eigenvalue weighted by molar-refractivity contribution is 0.0759. The van der Waals surface area contributed by atoms with Gasteiger partial charge in [0, 0.05) is 13.1 Å². The third-order valence-corrected chi connectivity index (χ3v) is 2.83. The van der Waals surface area contributed by atoms with Crippen molar-refractivity contribution >= 4 is 21.8 Å². The van der Waals surface area contributed by atoms with Crippen molar-refractivity contribution < 1.29 is 9.90 Å². The molecule has 1 aromatic rings. The normalized spacial score (nSPS) is 20.7. The van der Waals surface area contributed by atoms with Gasteiger partial charge in [0.05, 0.1) is 6.10 Å². The van der Waals surface area contributed by atoms with Crippen molar-refractivity contribution in [1.82, 2.24) is 9.88 Å². The predicted octanol–water partition coefficient (Wildman–Crippen LogP) is 1.05. The van der Waals surface area contributed by atoms with Crippen molar-refractivity contribution in [3.05, 3.63) is 28.5 Å². The summed E-state index contributed by atoms with van der Waals surface area (Å²) in [4.78, 5) is 17.6. The zero-order valence-electron chi connectivity index (χ0n) is 8.06. The van der Waals surface area contributed by atoms with Crippen molar-refractivity contribution in [2.24, 2.45) is 0 Å². The molecule has 0 bridgehead atoms. The standard InChI is InChI=1S/C10H11BrN2O2/c11-9-3-1-2-8(12-9)10(15)13-5-4-7(14)6-13/h1-3,7,14H,4-6H2/t7-/m1/s1. The molecule has 2 heterocycles. The van der Waals surface area contributed by atoms with Crippen LogP contribution in [0.1, 0.15) is 16.9 Å². The molecule has 2 rings (SSSR count). The Hall–Kier alpha value is -0.940. The fourth-order valence-electron chi connectivity index (χ4n) is 1.62. The van der Waals surface area contributed by atoms with E-state index in [1.807, 2.05) is 0 Å². The van der Waals surface area contributed by atoms with Gasteiger partial charge in [-0.2, -0.15) is 0 Å². The molecular formula is C10H11BrN2O2. The van der Waals surface area contributed by atoms with Crippen molar-refractivity contribution in [3.8, 4) is 0 Å². The Morgan fingerprint density at radius 2 is 2.40 bits per heavy atom. The molecule has 1 atom stereocenters. The fraction of sp³-hybridized carbons (Fsp3) is 0.400. The van der Waals surface area contributed by atoms with Crippen LogP contribution in [0.5, 0.6) is 0 Å². The lowest BCUT2D eigenvalue weighted by atomic mass is 10.3. The molecule has 1 saturated heterocycles. The summed E-state index contributed by atoms with van der Waals surface area (Å²) in [5.74, 6) is -0.118. The maximum Gasteiger partial charge on any atom is 0.272 e. The van der Waals surface area contributed by atoms with Gasteiger partial charge in [0.2, 0.25) is 0 Å². The van der Waals surface area contributed by atoms with E-state index in [0.29, 0.717) is 29.8 Å².